The highest BCUT2D eigenvalue weighted by Crippen LogP contribution is 2.29. The van der Waals surface area contributed by atoms with E-state index in [0.29, 0.717) is 20.5 Å². The number of hydrogen-bond acceptors (Lipinski definition) is 5. The molecule has 0 fully saturated rings. The first-order chi connectivity index (χ1) is 11.9. The summed E-state index contributed by atoms with van der Waals surface area (Å²) in [6.07, 6.45) is -0.954. The summed E-state index contributed by atoms with van der Waals surface area (Å²) >= 11 is 13.1. The van der Waals surface area contributed by atoms with Crippen molar-refractivity contribution in [3.05, 3.63) is 68.2 Å². The van der Waals surface area contributed by atoms with Gasteiger partial charge in [-0.25, -0.2) is 0 Å². The van der Waals surface area contributed by atoms with E-state index in [0.717, 1.165) is 0 Å². The van der Waals surface area contributed by atoms with Crippen LogP contribution in [0.15, 0.2) is 47.4 Å². The van der Waals surface area contributed by atoms with Crippen molar-refractivity contribution in [1.82, 2.24) is 5.32 Å². The Morgan fingerprint density at radius 3 is 2.56 bits per heavy atom. The van der Waals surface area contributed by atoms with Gasteiger partial charge >= 0.3 is 0 Å². The van der Waals surface area contributed by atoms with Crippen LogP contribution in [0.1, 0.15) is 11.7 Å². The number of aliphatic hydroxyl groups is 1. The maximum Gasteiger partial charge on any atom is 0.269 e. The third kappa shape index (κ3) is 5.89. The zero-order valence-corrected chi connectivity index (χ0v) is 15.1. The van der Waals surface area contributed by atoms with Gasteiger partial charge in [0.25, 0.3) is 5.69 Å². The van der Waals surface area contributed by atoms with Gasteiger partial charge in [-0.15, -0.1) is 11.8 Å². The highest BCUT2D eigenvalue weighted by atomic mass is 35.5. The van der Waals surface area contributed by atoms with Gasteiger partial charge in [0.05, 0.1) is 21.8 Å². The Morgan fingerprint density at radius 2 is 1.92 bits per heavy atom. The Bertz CT molecular complexity index is 771. The van der Waals surface area contributed by atoms with Crippen LogP contribution in [0.3, 0.4) is 0 Å². The molecule has 9 heteroatoms. The van der Waals surface area contributed by atoms with E-state index in [2.05, 4.69) is 5.32 Å². The molecule has 0 heterocycles. The lowest BCUT2D eigenvalue weighted by Crippen LogP contribution is -2.29. The highest BCUT2D eigenvalue weighted by molar-refractivity contribution is 8.00. The van der Waals surface area contributed by atoms with E-state index in [9.17, 15) is 20.0 Å². The minimum Gasteiger partial charge on any atom is -0.387 e. The SMILES string of the molecule is O=C(CSc1cc(Cl)ccc1Cl)NCC(O)c1ccc([N+](=O)[O-])cc1. The van der Waals surface area contributed by atoms with Gasteiger partial charge in [0.15, 0.2) is 0 Å². The number of halogens is 2. The summed E-state index contributed by atoms with van der Waals surface area (Å²) in [6.45, 7) is 0.000478. The van der Waals surface area contributed by atoms with E-state index in [-0.39, 0.29) is 23.9 Å². The number of hydrogen-bond donors (Lipinski definition) is 2. The molecule has 0 aliphatic carbocycles. The number of nitrogens with zero attached hydrogens (tertiary/aromatic N) is 1. The molecular formula is C16H14Cl2N2O4S. The summed E-state index contributed by atoms with van der Waals surface area (Å²) in [5.41, 5.74) is 0.422. The quantitative estimate of drug-likeness (QED) is 0.418. The summed E-state index contributed by atoms with van der Waals surface area (Å²) in [5.74, 6) is -0.158. The Kier molecular flexibility index (Phi) is 7.07. The summed E-state index contributed by atoms with van der Waals surface area (Å²) < 4.78 is 0. The normalized spacial score (nSPS) is 11.8. The number of amides is 1. The Labute approximate surface area is 158 Å². The van der Waals surface area contributed by atoms with E-state index in [1.54, 1.807) is 18.2 Å². The van der Waals surface area contributed by atoms with Gasteiger partial charge in [-0.3, -0.25) is 14.9 Å². The molecule has 0 aliphatic rings. The van der Waals surface area contributed by atoms with Crippen molar-refractivity contribution >= 4 is 46.6 Å². The van der Waals surface area contributed by atoms with Crippen molar-refractivity contribution in [1.29, 1.82) is 0 Å². The molecule has 2 aromatic rings. The first-order valence-corrected chi connectivity index (χ1v) is 8.88. The second-order valence-electron chi connectivity index (χ2n) is 5.03. The molecule has 2 rings (SSSR count). The number of nitro benzene ring substituents is 1. The highest BCUT2D eigenvalue weighted by Gasteiger charge is 2.12. The van der Waals surface area contributed by atoms with Crippen molar-refractivity contribution in [2.75, 3.05) is 12.3 Å². The average molecular weight is 401 g/mol. The summed E-state index contributed by atoms with van der Waals surface area (Å²) in [4.78, 5) is 22.7. The smallest absolute Gasteiger partial charge is 0.269 e. The molecule has 1 unspecified atom stereocenters. The lowest BCUT2D eigenvalue weighted by molar-refractivity contribution is -0.384. The molecule has 1 atom stereocenters. The number of non-ortho nitro benzene ring substituents is 1. The molecule has 2 N–H and O–H groups in total. The maximum absolute atomic E-state index is 11.9. The van der Waals surface area contributed by atoms with Crippen molar-refractivity contribution in [2.45, 2.75) is 11.0 Å². The van der Waals surface area contributed by atoms with Crippen LogP contribution in [-0.4, -0.2) is 28.2 Å². The second-order valence-corrected chi connectivity index (χ2v) is 6.89. The van der Waals surface area contributed by atoms with E-state index < -0.39 is 11.0 Å². The summed E-state index contributed by atoms with van der Waals surface area (Å²) in [6, 6.07) is 10.5. The Balaban J connectivity index is 1.82. The van der Waals surface area contributed by atoms with Crippen LogP contribution in [0.2, 0.25) is 10.0 Å². The van der Waals surface area contributed by atoms with E-state index in [1.165, 1.54) is 36.0 Å². The molecule has 0 aliphatic heterocycles. The van der Waals surface area contributed by atoms with Gasteiger partial charge in [0.2, 0.25) is 5.91 Å². The predicted octanol–water partition coefficient (Wildman–Crippen LogP) is 3.84. The monoisotopic (exact) mass is 400 g/mol. The largest absolute Gasteiger partial charge is 0.387 e. The molecule has 0 spiro atoms. The third-order valence-electron chi connectivity index (χ3n) is 3.23. The minimum absolute atomic E-state index is 0.000478. The lowest BCUT2D eigenvalue weighted by Gasteiger charge is -2.12. The predicted molar refractivity (Wildman–Crippen MR) is 98.3 cm³/mol. The molecule has 132 valence electrons. The van der Waals surface area contributed by atoms with Crippen molar-refractivity contribution in [3.63, 3.8) is 0 Å². The van der Waals surface area contributed by atoms with Gasteiger partial charge < -0.3 is 10.4 Å². The number of benzene rings is 2. The standard InChI is InChI=1S/C16H14Cl2N2O4S/c17-11-3-6-13(18)15(7-11)25-9-16(22)19-8-14(21)10-1-4-12(5-2-10)20(23)24/h1-7,14,21H,8-9H2,(H,19,22). The van der Waals surface area contributed by atoms with Crippen molar-refractivity contribution in [2.24, 2.45) is 0 Å². The molecule has 1 amide bonds. The van der Waals surface area contributed by atoms with Crippen LogP contribution in [-0.2, 0) is 4.79 Å². The molecule has 0 bridgehead atoms. The van der Waals surface area contributed by atoms with Crippen LogP contribution in [0.5, 0.6) is 0 Å². The number of carbonyl (C=O) groups excluding carboxylic acids is 1. The summed E-state index contributed by atoms with van der Waals surface area (Å²) in [7, 11) is 0. The first-order valence-electron chi connectivity index (χ1n) is 7.14. The molecule has 0 saturated carbocycles. The number of nitro groups is 1. The Morgan fingerprint density at radius 1 is 1.24 bits per heavy atom. The van der Waals surface area contributed by atoms with Crippen molar-refractivity contribution < 1.29 is 14.8 Å². The Hall–Kier alpha value is -1.80. The van der Waals surface area contributed by atoms with Gasteiger partial charge in [0, 0.05) is 28.6 Å². The molecule has 0 radical (unpaired) electrons. The lowest BCUT2D eigenvalue weighted by atomic mass is 10.1. The fraction of sp³-hybridized carbons (Fsp3) is 0.188. The number of nitrogens with one attached hydrogen (secondary N) is 1. The van der Waals surface area contributed by atoms with Gasteiger partial charge in [0.1, 0.15) is 0 Å². The zero-order valence-electron chi connectivity index (χ0n) is 12.8. The van der Waals surface area contributed by atoms with Crippen LogP contribution in [0.4, 0.5) is 5.69 Å². The second kappa shape index (κ2) is 9.05. The molecular weight excluding hydrogens is 387 g/mol. The molecule has 25 heavy (non-hydrogen) atoms. The fourth-order valence-corrected chi connectivity index (χ4v) is 3.25. The van der Waals surface area contributed by atoms with Crippen LogP contribution in [0, 0.1) is 10.1 Å². The van der Waals surface area contributed by atoms with Crippen LogP contribution >= 0.6 is 35.0 Å². The fourth-order valence-electron chi connectivity index (χ4n) is 1.93. The van der Waals surface area contributed by atoms with E-state index in [1.807, 2.05) is 0 Å². The molecule has 0 saturated heterocycles. The van der Waals surface area contributed by atoms with Crippen LogP contribution < -0.4 is 5.32 Å². The third-order valence-corrected chi connectivity index (χ3v) is 4.97. The molecule has 6 nitrogen and oxygen atoms in total. The molecule has 2 aromatic carbocycles. The van der Waals surface area contributed by atoms with Gasteiger partial charge in [-0.1, -0.05) is 23.2 Å². The van der Waals surface area contributed by atoms with Gasteiger partial charge in [-0.05, 0) is 35.9 Å². The number of rotatable bonds is 7. The summed E-state index contributed by atoms with van der Waals surface area (Å²) in [5, 5.41) is 24.3. The zero-order chi connectivity index (χ0) is 18.4. The number of thioether (sulfide) groups is 1. The number of carbonyl (C=O) groups is 1. The number of aliphatic hydroxyl groups excluding tert-OH is 1. The topological polar surface area (TPSA) is 92.5 Å². The minimum atomic E-state index is -0.954. The average Bonchev–Trinajstić information content (AvgIpc) is 2.60. The van der Waals surface area contributed by atoms with Crippen molar-refractivity contribution in [3.8, 4) is 0 Å². The van der Waals surface area contributed by atoms with E-state index in [4.69, 9.17) is 23.2 Å². The first kappa shape index (κ1) is 19.5. The maximum atomic E-state index is 11.9. The molecule has 0 aromatic heterocycles. The van der Waals surface area contributed by atoms with Crippen LogP contribution in [0.25, 0.3) is 0 Å². The van der Waals surface area contributed by atoms with E-state index >= 15 is 0 Å². The van der Waals surface area contributed by atoms with Gasteiger partial charge in [-0.2, -0.15) is 0 Å².